The molecule has 0 aliphatic heterocycles. The average Bonchev–Trinajstić information content (AvgIpc) is 2.70. The van der Waals surface area contributed by atoms with Crippen molar-refractivity contribution in [3.8, 4) is 5.75 Å². The third-order valence-electron chi connectivity index (χ3n) is 6.37. The van der Waals surface area contributed by atoms with E-state index in [1.165, 1.54) is 0 Å². The summed E-state index contributed by atoms with van der Waals surface area (Å²) in [6.45, 7) is 0.251. The second kappa shape index (κ2) is 11.0. The number of benzene rings is 1. The van der Waals surface area contributed by atoms with E-state index < -0.39 is 21.8 Å². The summed E-state index contributed by atoms with van der Waals surface area (Å²) < 4.78 is 30.8. The van der Waals surface area contributed by atoms with Crippen molar-refractivity contribution in [3.63, 3.8) is 0 Å². The van der Waals surface area contributed by atoms with Gasteiger partial charge in [-0.1, -0.05) is 37.8 Å². The van der Waals surface area contributed by atoms with Gasteiger partial charge in [0.1, 0.15) is 11.8 Å². The molecule has 0 aromatic heterocycles. The van der Waals surface area contributed by atoms with Gasteiger partial charge in [0.15, 0.2) is 9.84 Å². The number of carbonyl (C=O) groups is 2. The van der Waals surface area contributed by atoms with Gasteiger partial charge in [-0.05, 0) is 49.3 Å². The Labute approximate surface area is 185 Å². The van der Waals surface area contributed by atoms with Crippen molar-refractivity contribution in [2.45, 2.75) is 64.0 Å². The molecule has 0 heterocycles. The van der Waals surface area contributed by atoms with Crippen LogP contribution in [0.1, 0.15) is 56.9 Å². The van der Waals surface area contributed by atoms with Crippen LogP contribution in [0, 0.1) is 11.8 Å². The Morgan fingerprint density at radius 2 is 1.71 bits per heavy atom. The van der Waals surface area contributed by atoms with Gasteiger partial charge in [0.05, 0.1) is 18.6 Å². The van der Waals surface area contributed by atoms with E-state index in [4.69, 9.17) is 4.74 Å². The number of sulfone groups is 1. The summed E-state index contributed by atoms with van der Waals surface area (Å²) in [5, 5.41) is 5.50. The van der Waals surface area contributed by atoms with Crippen molar-refractivity contribution in [1.82, 2.24) is 10.6 Å². The summed E-state index contributed by atoms with van der Waals surface area (Å²) in [6, 6.07) is 6.19. The third-order valence-corrected chi connectivity index (χ3v) is 8.19. The number of nitrogens with one attached hydrogen (secondary N) is 2. The highest BCUT2D eigenvalue weighted by Gasteiger charge is 2.33. The molecule has 0 bridgehead atoms. The van der Waals surface area contributed by atoms with E-state index in [-0.39, 0.29) is 35.8 Å². The molecule has 2 amide bonds. The summed E-state index contributed by atoms with van der Waals surface area (Å²) in [7, 11) is -1.89. The summed E-state index contributed by atoms with van der Waals surface area (Å²) in [5.41, 5.74) is 0.864. The minimum absolute atomic E-state index is 0.0918. The summed E-state index contributed by atoms with van der Waals surface area (Å²) in [6.07, 6.45) is 7.69. The zero-order chi connectivity index (χ0) is 22.3. The predicted molar refractivity (Wildman–Crippen MR) is 119 cm³/mol. The highest BCUT2D eigenvalue weighted by Crippen LogP contribution is 2.27. The first-order valence-electron chi connectivity index (χ1n) is 11.3. The quantitative estimate of drug-likeness (QED) is 0.571. The van der Waals surface area contributed by atoms with Gasteiger partial charge in [0.25, 0.3) is 0 Å². The first kappa shape index (κ1) is 23.6. The number of amides is 2. The molecule has 0 radical (unpaired) electrons. The molecule has 2 saturated carbocycles. The molecule has 31 heavy (non-hydrogen) atoms. The maximum Gasteiger partial charge on any atom is 0.243 e. The third kappa shape index (κ3) is 7.23. The summed E-state index contributed by atoms with van der Waals surface area (Å²) >= 11 is 0. The monoisotopic (exact) mass is 450 g/mol. The number of hydrogen-bond donors (Lipinski definition) is 2. The summed E-state index contributed by atoms with van der Waals surface area (Å²) in [4.78, 5) is 25.3. The van der Waals surface area contributed by atoms with Crippen molar-refractivity contribution in [2.24, 2.45) is 11.8 Å². The van der Waals surface area contributed by atoms with Gasteiger partial charge in [0.2, 0.25) is 11.8 Å². The van der Waals surface area contributed by atoms with Gasteiger partial charge in [-0.15, -0.1) is 0 Å². The van der Waals surface area contributed by atoms with Crippen molar-refractivity contribution in [1.29, 1.82) is 0 Å². The van der Waals surface area contributed by atoms with Crippen molar-refractivity contribution < 1.29 is 22.7 Å². The number of rotatable bonds is 10. The second-order valence-corrected chi connectivity index (χ2v) is 11.0. The van der Waals surface area contributed by atoms with Gasteiger partial charge < -0.3 is 15.4 Å². The van der Waals surface area contributed by atoms with Gasteiger partial charge in [-0.25, -0.2) is 8.42 Å². The molecule has 2 N–H and O–H groups in total. The van der Waals surface area contributed by atoms with Crippen LogP contribution in [0.25, 0.3) is 0 Å². The number of carbonyl (C=O) groups excluding carboxylic acids is 2. The Kier molecular flexibility index (Phi) is 8.35. The Morgan fingerprint density at radius 1 is 1.03 bits per heavy atom. The molecule has 1 aromatic rings. The van der Waals surface area contributed by atoms with E-state index in [0.29, 0.717) is 0 Å². The van der Waals surface area contributed by atoms with Gasteiger partial charge >= 0.3 is 0 Å². The first-order valence-corrected chi connectivity index (χ1v) is 13.1. The highest BCUT2D eigenvalue weighted by molar-refractivity contribution is 7.91. The van der Waals surface area contributed by atoms with Crippen LogP contribution in [0.5, 0.6) is 5.75 Å². The Balaban J connectivity index is 1.62. The number of ether oxygens (including phenoxy) is 1. The SMILES string of the molecule is COc1ccc(CNC(=O)[C@H](CS(=O)(=O)CC2CCCCC2)NC(=O)C2CCC2)cc1. The van der Waals surface area contributed by atoms with Crippen molar-refractivity contribution in [3.05, 3.63) is 29.8 Å². The first-order chi connectivity index (χ1) is 14.9. The molecular formula is C23H34N2O5S. The number of hydrogen-bond acceptors (Lipinski definition) is 5. The fraction of sp³-hybridized carbons (Fsp3) is 0.652. The lowest BCUT2D eigenvalue weighted by Crippen LogP contribution is -2.52. The Morgan fingerprint density at radius 3 is 2.29 bits per heavy atom. The van der Waals surface area contributed by atoms with Crippen LogP contribution in [0.2, 0.25) is 0 Å². The lowest BCUT2D eigenvalue weighted by molar-refractivity contribution is -0.132. The molecule has 0 saturated heterocycles. The summed E-state index contributed by atoms with van der Waals surface area (Å²) in [5.74, 6) is -0.179. The maximum absolute atomic E-state index is 12.9. The van der Waals surface area contributed by atoms with Crippen LogP contribution < -0.4 is 15.4 Å². The van der Waals surface area contributed by atoms with Crippen LogP contribution in [0.4, 0.5) is 0 Å². The highest BCUT2D eigenvalue weighted by atomic mass is 32.2. The molecule has 7 nitrogen and oxygen atoms in total. The maximum atomic E-state index is 12.9. The van der Waals surface area contributed by atoms with Gasteiger partial charge in [-0.2, -0.15) is 0 Å². The van der Waals surface area contributed by atoms with Gasteiger partial charge in [-0.3, -0.25) is 9.59 Å². The molecule has 1 atom stereocenters. The normalized spacial score (nSPS) is 18.6. The van der Waals surface area contributed by atoms with E-state index in [1.807, 2.05) is 12.1 Å². The zero-order valence-electron chi connectivity index (χ0n) is 18.3. The topological polar surface area (TPSA) is 102 Å². The van der Waals surface area contributed by atoms with E-state index >= 15 is 0 Å². The smallest absolute Gasteiger partial charge is 0.243 e. The fourth-order valence-electron chi connectivity index (χ4n) is 4.23. The lowest BCUT2D eigenvalue weighted by Gasteiger charge is -2.27. The molecule has 1 aromatic carbocycles. The molecular weight excluding hydrogens is 416 g/mol. The molecule has 3 rings (SSSR count). The van der Waals surface area contributed by atoms with Crippen LogP contribution in [-0.4, -0.2) is 44.9 Å². The average molecular weight is 451 g/mol. The van der Waals surface area contributed by atoms with E-state index in [9.17, 15) is 18.0 Å². The predicted octanol–water partition coefficient (Wildman–Crippen LogP) is 2.59. The van der Waals surface area contributed by atoms with E-state index in [0.717, 1.165) is 62.7 Å². The zero-order valence-corrected chi connectivity index (χ0v) is 19.1. The molecule has 0 spiro atoms. The number of methoxy groups -OCH3 is 1. The largest absolute Gasteiger partial charge is 0.497 e. The molecule has 172 valence electrons. The second-order valence-electron chi connectivity index (χ2n) is 8.84. The standard InChI is InChI=1S/C23H34N2O5S/c1-30-20-12-10-17(11-13-20)14-24-23(27)21(25-22(26)19-8-5-9-19)16-31(28,29)15-18-6-3-2-4-7-18/h10-13,18-19,21H,2-9,14-16H2,1H3,(H,24,27)(H,25,26)/t21-/m0/s1. The minimum atomic E-state index is -3.47. The van der Waals surface area contributed by atoms with Crippen molar-refractivity contribution >= 4 is 21.7 Å². The lowest BCUT2D eigenvalue weighted by atomic mass is 9.84. The molecule has 0 unspecified atom stereocenters. The minimum Gasteiger partial charge on any atom is -0.497 e. The van der Waals surface area contributed by atoms with Crippen LogP contribution >= 0.6 is 0 Å². The Bertz CT molecular complexity index is 843. The van der Waals surface area contributed by atoms with E-state index in [2.05, 4.69) is 10.6 Å². The van der Waals surface area contributed by atoms with Gasteiger partial charge in [0, 0.05) is 12.5 Å². The van der Waals surface area contributed by atoms with E-state index in [1.54, 1.807) is 19.2 Å². The van der Waals surface area contributed by atoms with Crippen LogP contribution in [-0.2, 0) is 26.0 Å². The molecule has 2 fully saturated rings. The molecule has 2 aliphatic rings. The molecule has 2 aliphatic carbocycles. The van der Waals surface area contributed by atoms with Crippen molar-refractivity contribution in [2.75, 3.05) is 18.6 Å². The van der Waals surface area contributed by atoms with Crippen LogP contribution in [0.3, 0.4) is 0 Å². The Hall–Kier alpha value is -2.09. The fourth-order valence-corrected chi connectivity index (χ4v) is 6.16. The molecule has 8 heteroatoms. The van der Waals surface area contributed by atoms with Crippen LogP contribution in [0.15, 0.2) is 24.3 Å².